The Labute approximate surface area is 138 Å². The van der Waals surface area contributed by atoms with Crippen LogP contribution >= 0.6 is 0 Å². The Morgan fingerprint density at radius 3 is 2.52 bits per heavy atom. The maximum absolute atomic E-state index is 12.4. The fourth-order valence-corrected chi connectivity index (χ4v) is 3.90. The first-order valence-electron chi connectivity index (χ1n) is 8.76. The van der Waals surface area contributed by atoms with Gasteiger partial charge in [-0.1, -0.05) is 37.0 Å². The number of fused-ring (bicyclic) bond motifs is 1. The van der Waals surface area contributed by atoms with Crippen molar-refractivity contribution in [3.63, 3.8) is 0 Å². The predicted molar refractivity (Wildman–Crippen MR) is 90.2 cm³/mol. The van der Waals surface area contributed by atoms with Gasteiger partial charge in [0.2, 0.25) is 5.91 Å². The topological polar surface area (TPSA) is 49.4 Å². The Morgan fingerprint density at radius 1 is 1.09 bits per heavy atom. The van der Waals surface area contributed by atoms with Crippen molar-refractivity contribution in [2.75, 3.05) is 19.6 Å². The standard InChI is InChI=1S/C19H26N2O2/c1-14-6-8-16(9-7-14)19(23)20-12-18(22)21-11-10-15-4-2-3-5-17(15)13-21/h6-9,15,17H,2-5,10-13H2,1H3,(H,20,23)/t15-,17-/m1/s1. The molecule has 1 aliphatic carbocycles. The molecule has 1 heterocycles. The van der Waals surface area contributed by atoms with Crippen molar-refractivity contribution in [2.45, 2.75) is 39.0 Å². The molecule has 1 saturated carbocycles. The maximum atomic E-state index is 12.4. The molecule has 2 fully saturated rings. The van der Waals surface area contributed by atoms with Crippen molar-refractivity contribution < 1.29 is 9.59 Å². The Kier molecular flexibility index (Phi) is 4.99. The number of hydrogen-bond donors (Lipinski definition) is 1. The number of nitrogens with one attached hydrogen (secondary N) is 1. The van der Waals surface area contributed by atoms with Crippen molar-refractivity contribution in [3.05, 3.63) is 35.4 Å². The number of likely N-dealkylation sites (tertiary alicyclic amines) is 1. The molecule has 2 atom stereocenters. The van der Waals surface area contributed by atoms with Gasteiger partial charge in [0.1, 0.15) is 0 Å². The molecule has 0 unspecified atom stereocenters. The molecule has 1 aliphatic heterocycles. The summed E-state index contributed by atoms with van der Waals surface area (Å²) in [6.07, 6.45) is 6.36. The molecule has 4 nitrogen and oxygen atoms in total. The lowest BCUT2D eigenvalue weighted by molar-refractivity contribution is -0.133. The van der Waals surface area contributed by atoms with E-state index in [1.54, 1.807) is 12.1 Å². The highest BCUT2D eigenvalue weighted by Gasteiger charge is 2.32. The van der Waals surface area contributed by atoms with Gasteiger partial charge in [-0.15, -0.1) is 0 Å². The summed E-state index contributed by atoms with van der Waals surface area (Å²) in [5.41, 5.74) is 1.72. The van der Waals surface area contributed by atoms with Crippen molar-refractivity contribution >= 4 is 11.8 Å². The first-order chi connectivity index (χ1) is 11.1. The van der Waals surface area contributed by atoms with Crippen molar-refractivity contribution in [1.82, 2.24) is 10.2 Å². The molecule has 1 N–H and O–H groups in total. The number of hydrogen-bond acceptors (Lipinski definition) is 2. The van der Waals surface area contributed by atoms with E-state index < -0.39 is 0 Å². The number of amides is 2. The zero-order valence-corrected chi connectivity index (χ0v) is 13.9. The van der Waals surface area contributed by atoms with Crippen molar-refractivity contribution in [3.8, 4) is 0 Å². The molecule has 1 aromatic carbocycles. The summed E-state index contributed by atoms with van der Waals surface area (Å²) in [6.45, 7) is 3.81. The molecule has 2 aliphatic rings. The molecular weight excluding hydrogens is 288 g/mol. The lowest BCUT2D eigenvalue weighted by atomic mass is 9.75. The van der Waals surface area contributed by atoms with Crippen molar-refractivity contribution in [2.24, 2.45) is 11.8 Å². The fourth-order valence-electron chi connectivity index (χ4n) is 3.90. The zero-order chi connectivity index (χ0) is 16.2. The minimum absolute atomic E-state index is 0.0504. The van der Waals surface area contributed by atoms with E-state index in [-0.39, 0.29) is 18.4 Å². The molecule has 1 saturated heterocycles. The van der Waals surface area contributed by atoms with Gasteiger partial charge in [0.15, 0.2) is 0 Å². The third-order valence-electron chi connectivity index (χ3n) is 5.36. The summed E-state index contributed by atoms with van der Waals surface area (Å²) in [7, 11) is 0. The summed E-state index contributed by atoms with van der Waals surface area (Å²) in [4.78, 5) is 26.4. The van der Waals surface area contributed by atoms with Crippen LogP contribution in [0.5, 0.6) is 0 Å². The second kappa shape index (κ2) is 7.16. The Balaban J connectivity index is 1.49. The largest absolute Gasteiger partial charge is 0.343 e. The summed E-state index contributed by atoms with van der Waals surface area (Å²) in [5.74, 6) is 1.37. The summed E-state index contributed by atoms with van der Waals surface area (Å²) < 4.78 is 0. The first-order valence-corrected chi connectivity index (χ1v) is 8.76. The molecule has 2 amide bonds. The van der Waals surface area contributed by atoms with Crippen LogP contribution in [0.3, 0.4) is 0 Å². The van der Waals surface area contributed by atoms with Crippen LogP contribution in [-0.4, -0.2) is 36.3 Å². The van der Waals surface area contributed by atoms with Gasteiger partial charge in [-0.25, -0.2) is 0 Å². The SMILES string of the molecule is Cc1ccc(C(=O)NCC(=O)N2CC[C@H]3CCCC[C@@H]3C2)cc1. The lowest BCUT2D eigenvalue weighted by Crippen LogP contribution is -2.48. The van der Waals surface area contributed by atoms with E-state index in [0.717, 1.165) is 31.0 Å². The van der Waals surface area contributed by atoms with Gasteiger partial charge < -0.3 is 10.2 Å². The summed E-state index contributed by atoms with van der Waals surface area (Å²) in [6, 6.07) is 7.40. The number of piperidine rings is 1. The summed E-state index contributed by atoms with van der Waals surface area (Å²) in [5, 5.41) is 2.76. The normalized spacial score (nSPS) is 24.0. The molecule has 0 aromatic heterocycles. The van der Waals surface area contributed by atoms with E-state index in [2.05, 4.69) is 5.32 Å². The van der Waals surface area contributed by atoms with Crippen LogP contribution in [0.15, 0.2) is 24.3 Å². The van der Waals surface area contributed by atoms with Crippen LogP contribution in [0.25, 0.3) is 0 Å². The average Bonchev–Trinajstić information content (AvgIpc) is 2.59. The monoisotopic (exact) mass is 314 g/mol. The predicted octanol–water partition coefficient (Wildman–Crippen LogP) is 2.76. The molecule has 3 rings (SSSR count). The highest BCUT2D eigenvalue weighted by molar-refractivity contribution is 5.96. The van der Waals surface area contributed by atoms with E-state index in [1.165, 1.54) is 25.7 Å². The number of carbonyl (C=O) groups excluding carboxylic acids is 2. The van der Waals surface area contributed by atoms with Gasteiger partial charge in [0.05, 0.1) is 6.54 Å². The van der Waals surface area contributed by atoms with E-state index in [0.29, 0.717) is 11.5 Å². The number of rotatable bonds is 3. The fraction of sp³-hybridized carbons (Fsp3) is 0.579. The first kappa shape index (κ1) is 16.0. The van der Waals surface area contributed by atoms with Gasteiger partial charge in [-0.3, -0.25) is 9.59 Å². The number of carbonyl (C=O) groups is 2. The van der Waals surface area contributed by atoms with E-state index >= 15 is 0 Å². The molecule has 23 heavy (non-hydrogen) atoms. The van der Waals surface area contributed by atoms with Crippen LogP contribution < -0.4 is 5.32 Å². The van der Waals surface area contributed by atoms with E-state index in [4.69, 9.17) is 0 Å². The van der Waals surface area contributed by atoms with Crippen LogP contribution in [0.4, 0.5) is 0 Å². The zero-order valence-electron chi connectivity index (χ0n) is 13.9. The van der Waals surface area contributed by atoms with Crippen LogP contribution in [-0.2, 0) is 4.79 Å². The maximum Gasteiger partial charge on any atom is 0.251 e. The minimum Gasteiger partial charge on any atom is -0.343 e. The molecular formula is C19H26N2O2. The molecule has 0 radical (unpaired) electrons. The van der Waals surface area contributed by atoms with Gasteiger partial charge in [-0.2, -0.15) is 0 Å². The molecule has 0 bridgehead atoms. The van der Waals surface area contributed by atoms with Crippen LogP contribution in [0.2, 0.25) is 0 Å². The number of nitrogens with zero attached hydrogens (tertiary/aromatic N) is 1. The van der Waals surface area contributed by atoms with Crippen LogP contribution in [0, 0.1) is 18.8 Å². The molecule has 4 heteroatoms. The third-order valence-corrected chi connectivity index (χ3v) is 5.36. The second-order valence-electron chi connectivity index (χ2n) is 6.98. The Hall–Kier alpha value is -1.84. The van der Waals surface area contributed by atoms with Gasteiger partial charge in [0, 0.05) is 18.7 Å². The van der Waals surface area contributed by atoms with E-state index in [1.807, 2.05) is 24.0 Å². The highest BCUT2D eigenvalue weighted by Crippen LogP contribution is 2.35. The quantitative estimate of drug-likeness (QED) is 0.932. The highest BCUT2D eigenvalue weighted by atomic mass is 16.2. The van der Waals surface area contributed by atoms with Gasteiger partial charge >= 0.3 is 0 Å². The minimum atomic E-state index is -0.175. The summed E-state index contributed by atoms with van der Waals surface area (Å²) >= 11 is 0. The number of benzene rings is 1. The van der Waals surface area contributed by atoms with Gasteiger partial charge in [-0.05, 0) is 43.7 Å². The number of aryl methyl sites for hydroxylation is 1. The molecule has 0 spiro atoms. The smallest absolute Gasteiger partial charge is 0.251 e. The third kappa shape index (κ3) is 3.92. The molecule has 124 valence electrons. The molecule has 1 aromatic rings. The second-order valence-corrected chi connectivity index (χ2v) is 6.98. The van der Waals surface area contributed by atoms with E-state index in [9.17, 15) is 9.59 Å². The lowest BCUT2D eigenvalue weighted by Gasteiger charge is -2.41. The van der Waals surface area contributed by atoms with Crippen LogP contribution in [0.1, 0.15) is 48.0 Å². The average molecular weight is 314 g/mol. The van der Waals surface area contributed by atoms with Crippen molar-refractivity contribution in [1.29, 1.82) is 0 Å². The van der Waals surface area contributed by atoms with Gasteiger partial charge in [0.25, 0.3) is 5.91 Å². The Morgan fingerprint density at radius 2 is 1.78 bits per heavy atom. The Bertz CT molecular complexity index is 567.